The summed E-state index contributed by atoms with van der Waals surface area (Å²) in [5.41, 5.74) is 4.86. The fraction of sp³-hybridized carbons (Fsp3) is 0.429. The van der Waals surface area contributed by atoms with Crippen LogP contribution in [0.2, 0.25) is 0 Å². The number of aliphatic hydroxyl groups excluding tert-OH is 2. The van der Waals surface area contributed by atoms with E-state index in [2.05, 4.69) is 4.90 Å². The molecule has 0 spiro atoms. The molecule has 3 aliphatic carbocycles. The van der Waals surface area contributed by atoms with E-state index >= 15 is 0 Å². The van der Waals surface area contributed by atoms with Crippen molar-refractivity contribution in [3.8, 4) is 16.9 Å². The highest BCUT2D eigenvalue weighted by Crippen LogP contribution is 2.53. The molecular formula is C35H39N3O9. The Morgan fingerprint density at radius 2 is 1.70 bits per heavy atom. The Morgan fingerprint density at radius 3 is 2.30 bits per heavy atom. The number of likely N-dealkylation sites (N-methyl/N-ethyl adjacent to an activating group) is 1. The second-order valence-electron chi connectivity index (χ2n) is 13.2. The molecule has 47 heavy (non-hydrogen) atoms. The molecule has 6 N–H and O–H groups in total. The molecule has 1 fully saturated rings. The second kappa shape index (κ2) is 11.9. The van der Waals surface area contributed by atoms with Gasteiger partial charge >= 0.3 is 5.97 Å². The molecule has 4 aliphatic rings. The number of carbonyl (C=O) groups is 4. The van der Waals surface area contributed by atoms with Crippen LogP contribution in [0, 0.1) is 17.8 Å². The number of nitrogens with two attached hydrogens (primary N) is 1. The number of primary amides is 1. The van der Waals surface area contributed by atoms with E-state index < -0.39 is 58.0 Å². The van der Waals surface area contributed by atoms with Crippen LogP contribution in [0.5, 0.6) is 5.75 Å². The molecule has 1 aliphatic heterocycles. The first-order valence-corrected chi connectivity index (χ1v) is 15.7. The van der Waals surface area contributed by atoms with Crippen molar-refractivity contribution in [2.75, 3.05) is 34.3 Å². The minimum Gasteiger partial charge on any atom is -0.510 e. The molecular weight excluding hydrogens is 606 g/mol. The number of phenolic OH excluding ortho intramolecular Hbond substituents is 1. The van der Waals surface area contributed by atoms with Crippen LogP contribution in [-0.4, -0.2) is 99.6 Å². The number of aliphatic hydroxyl groups is 3. The lowest BCUT2D eigenvalue weighted by molar-refractivity contribution is -0.148. The van der Waals surface area contributed by atoms with Crippen molar-refractivity contribution in [1.82, 2.24) is 9.80 Å². The maximum Gasteiger partial charge on any atom is 0.308 e. The molecule has 12 nitrogen and oxygen atoms in total. The highest BCUT2D eigenvalue weighted by Gasteiger charge is 2.63. The number of rotatable bonds is 6. The van der Waals surface area contributed by atoms with Gasteiger partial charge in [-0.25, -0.2) is 0 Å². The highest BCUT2D eigenvalue weighted by atomic mass is 16.5. The molecule has 0 aromatic heterocycles. The van der Waals surface area contributed by atoms with Gasteiger partial charge in [0.15, 0.2) is 11.4 Å². The molecule has 1 amide bonds. The number of hydrogen-bond acceptors (Lipinski definition) is 11. The minimum atomic E-state index is -2.68. The van der Waals surface area contributed by atoms with E-state index in [1.165, 1.54) is 18.1 Å². The lowest BCUT2D eigenvalue weighted by Gasteiger charge is -2.50. The summed E-state index contributed by atoms with van der Waals surface area (Å²) in [5.74, 6) is -7.02. The van der Waals surface area contributed by atoms with E-state index in [4.69, 9.17) is 10.5 Å². The molecule has 4 atom stereocenters. The number of aromatic hydroxyl groups is 1. The number of esters is 1. The van der Waals surface area contributed by atoms with Gasteiger partial charge in [-0.2, -0.15) is 0 Å². The average molecular weight is 646 g/mol. The van der Waals surface area contributed by atoms with E-state index in [1.807, 2.05) is 24.3 Å². The van der Waals surface area contributed by atoms with Gasteiger partial charge in [0.1, 0.15) is 22.8 Å². The molecule has 248 valence electrons. The van der Waals surface area contributed by atoms with Gasteiger partial charge in [0.25, 0.3) is 5.91 Å². The number of hydrogen-bond donors (Lipinski definition) is 5. The molecule has 6 rings (SSSR count). The van der Waals surface area contributed by atoms with Gasteiger partial charge in [-0.15, -0.1) is 0 Å². The third-order valence-electron chi connectivity index (χ3n) is 10.4. The Kier molecular flexibility index (Phi) is 8.23. The standard InChI is InChI=1S/C35H39N3O9/c1-37(2)28-23-15-20-14-22-21(18-6-4-17(5-7-18)16-38-12-10-19(11-13-38)34(45)47-3)8-9-24(39)26(22)29(40)25(20)31(42)35(23,46)32(43)27(30(28)41)33(36)44/h4-9,19-20,23,28,39,41-42,46H,10-16H2,1-3H3,(H2,36,44)/t20-,23-,28-,35-/m1/s1. The lowest BCUT2D eigenvalue weighted by atomic mass is 9.58. The van der Waals surface area contributed by atoms with Crippen LogP contribution in [0.3, 0.4) is 0 Å². The largest absolute Gasteiger partial charge is 0.510 e. The first-order valence-electron chi connectivity index (χ1n) is 15.7. The van der Waals surface area contributed by atoms with E-state index in [0.29, 0.717) is 12.1 Å². The first kappa shape index (κ1) is 32.4. The quantitative estimate of drug-likeness (QED) is 0.229. The van der Waals surface area contributed by atoms with Crippen LogP contribution >= 0.6 is 0 Å². The van der Waals surface area contributed by atoms with Gasteiger partial charge < -0.3 is 30.9 Å². The molecule has 0 bridgehead atoms. The first-order chi connectivity index (χ1) is 22.3. The van der Waals surface area contributed by atoms with Gasteiger partial charge in [0.05, 0.1) is 24.6 Å². The Balaban J connectivity index is 1.33. The number of carbonyl (C=O) groups excluding carboxylic acids is 4. The summed E-state index contributed by atoms with van der Waals surface area (Å²) in [6, 6.07) is 10.0. The smallest absolute Gasteiger partial charge is 0.308 e. The minimum absolute atomic E-state index is 0.0203. The maximum absolute atomic E-state index is 14.0. The van der Waals surface area contributed by atoms with Gasteiger partial charge in [-0.05, 0) is 87.1 Å². The zero-order valence-electron chi connectivity index (χ0n) is 26.5. The van der Waals surface area contributed by atoms with Crippen LogP contribution in [0.15, 0.2) is 59.1 Å². The Bertz CT molecular complexity index is 1740. The third kappa shape index (κ3) is 5.11. The molecule has 1 saturated heterocycles. The van der Waals surface area contributed by atoms with Crippen LogP contribution in [0.1, 0.15) is 40.7 Å². The van der Waals surface area contributed by atoms with Crippen LogP contribution in [0.25, 0.3) is 11.1 Å². The van der Waals surface area contributed by atoms with E-state index in [0.717, 1.165) is 42.6 Å². The van der Waals surface area contributed by atoms with E-state index in [-0.39, 0.29) is 41.6 Å². The van der Waals surface area contributed by atoms with Crippen molar-refractivity contribution >= 4 is 23.4 Å². The lowest BCUT2D eigenvalue weighted by Crippen LogP contribution is -2.63. The summed E-state index contributed by atoms with van der Waals surface area (Å²) in [7, 11) is 4.60. The molecule has 0 unspecified atom stereocenters. The van der Waals surface area contributed by atoms with Crippen molar-refractivity contribution < 1.29 is 44.3 Å². The zero-order valence-corrected chi connectivity index (χ0v) is 26.5. The van der Waals surface area contributed by atoms with Gasteiger partial charge in [0.2, 0.25) is 5.78 Å². The summed E-state index contributed by atoms with van der Waals surface area (Å²) in [4.78, 5) is 55.4. The SMILES string of the molecule is COC(=O)C1CCN(Cc2ccc(-c3ccc(O)c4c3C[C@@H]3C[C@@H]5[C@@H](N(C)C)C(O)=C(C(N)=O)C(=O)[C@]5(O)C(O)=C3C4=O)cc2)CC1. The Morgan fingerprint density at radius 1 is 1.04 bits per heavy atom. The van der Waals surface area contributed by atoms with Crippen LogP contribution in [-0.2, 0) is 32.1 Å². The number of nitrogens with zero attached hydrogens (tertiary/aromatic N) is 2. The van der Waals surface area contributed by atoms with Crippen molar-refractivity contribution in [2.24, 2.45) is 23.5 Å². The third-order valence-corrected chi connectivity index (χ3v) is 10.4. The van der Waals surface area contributed by atoms with Gasteiger partial charge in [-0.3, -0.25) is 29.0 Å². The number of ether oxygens (including phenoxy) is 1. The number of benzene rings is 2. The molecule has 2 aromatic rings. The molecule has 2 aromatic carbocycles. The number of fused-ring (bicyclic) bond motifs is 3. The number of ketones is 2. The number of allylic oxidation sites excluding steroid dienone is 1. The van der Waals surface area contributed by atoms with Crippen molar-refractivity contribution in [1.29, 1.82) is 0 Å². The summed E-state index contributed by atoms with van der Waals surface area (Å²) < 4.78 is 4.89. The van der Waals surface area contributed by atoms with Crippen molar-refractivity contribution in [3.05, 3.63) is 75.8 Å². The van der Waals surface area contributed by atoms with E-state index in [1.54, 1.807) is 20.2 Å². The predicted molar refractivity (Wildman–Crippen MR) is 169 cm³/mol. The predicted octanol–water partition coefficient (Wildman–Crippen LogP) is 2.17. The Labute approximate surface area is 271 Å². The molecule has 1 heterocycles. The van der Waals surface area contributed by atoms with Gasteiger partial charge in [-0.1, -0.05) is 30.3 Å². The number of amides is 1. The summed E-state index contributed by atoms with van der Waals surface area (Å²) in [6.07, 6.45) is 1.71. The summed E-state index contributed by atoms with van der Waals surface area (Å²) >= 11 is 0. The monoisotopic (exact) mass is 645 g/mol. The topological polar surface area (TPSA) is 191 Å². The van der Waals surface area contributed by atoms with Crippen molar-refractivity contribution in [3.63, 3.8) is 0 Å². The van der Waals surface area contributed by atoms with Gasteiger partial charge in [0, 0.05) is 18.0 Å². The van der Waals surface area contributed by atoms with Crippen LogP contribution in [0.4, 0.5) is 0 Å². The fourth-order valence-electron chi connectivity index (χ4n) is 8.06. The number of Topliss-reactive ketones (excluding diaryl/α,β-unsaturated/α-hetero) is 2. The second-order valence-corrected chi connectivity index (χ2v) is 13.2. The number of methoxy groups -OCH3 is 1. The normalized spacial score (nSPS) is 26.6. The number of likely N-dealkylation sites (tertiary alicyclic amines) is 1. The van der Waals surface area contributed by atoms with Crippen molar-refractivity contribution in [2.45, 2.75) is 43.9 Å². The zero-order chi connectivity index (χ0) is 33.9. The fourth-order valence-corrected chi connectivity index (χ4v) is 8.06. The Hall–Kier alpha value is -4.52. The van der Waals surface area contributed by atoms with E-state index in [9.17, 15) is 39.6 Å². The average Bonchev–Trinajstić information content (AvgIpc) is 3.03. The summed E-state index contributed by atoms with van der Waals surface area (Å²) in [6.45, 7) is 2.28. The maximum atomic E-state index is 14.0. The molecule has 0 saturated carbocycles. The molecule has 0 radical (unpaired) electrons. The summed E-state index contributed by atoms with van der Waals surface area (Å²) in [5, 5.41) is 45.2. The highest BCUT2D eigenvalue weighted by molar-refractivity contribution is 6.24. The number of phenols is 1. The number of piperidine rings is 1. The van der Waals surface area contributed by atoms with Crippen LogP contribution < -0.4 is 5.73 Å². The molecule has 12 heteroatoms.